The first-order valence-electron chi connectivity index (χ1n) is 10.3. The highest BCUT2D eigenvalue weighted by Gasteiger charge is 2.37. The van der Waals surface area contributed by atoms with Crippen LogP contribution in [0.4, 0.5) is 5.69 Å². The van der Waals surface area contributed by atoms with Crippen molar-refractivity contribution in [2.45, 2.75) is 44.2 Å². The summed E-state index contributed by atoms with van der Waals surface area (Å²) in [7, 11) is 0. The molecule has 1 aromatic heterocycles. The molecule has 0 radical (unpaired) electrons. The molecule has 0 bridgehead atoms. The number of aliphatic imine (C=N–C) groups is 2. The van der Waals surface area contributed by atoms with E-state index in [1.54, 1.807) is 17.4 Å². The molecule has 8 heteroatoms. The van der Waals surface area contributed by atoms with Gasteiger partial charge in [-0.15, -0.1) is 11.3 Å². The van der Waals surface area contributed by atoms with Crippen LogP contribution in [0.1, 0.15) is 43.4 Å². The molecule has 1 saturated carbocycles. The Bertz CT molecular complexity index is 993. The summed E-state index contributed by atoms with van der Waals surface area (Å²) in [4.78, 5) is 23.9. The van der Waals surface area contributed by atoms with Gasteiger partial charge in [0.05, 0.1) is 10.6 Å². The zero-order valence-corrected chi connectivity index (χ0v) is 18.2. The Balaban J connectivity index is 1.29. The third kappa shape index (κ3) is 4.11. The molecule has 1 fully saturated rings. The predicted molar refractivity (Wildman–Crippen MR) is 122 cm³/mol. The molecular weight excluding hydrogens is 418 g/mol. The normalized spacial score (nSPS) is 19.3. The molecule has 3 heterocycles. The van der Waals surface area contributed by atoms with Crippen molar-refractivity contribution in [2.24, 2.45) is 9.98 Å². The minimum atomic E-state index is -0.327. The number of thiophene rings is 1. The fourth-order valence-electron chi connectivity index (χ4n) is 4.02. The number of nitrogens with zero attached hydrogens (tertiary/aromatic N) is 2. The molecule has 3 aliphatic rings. The lowest BCUT2D eigenvalue weighted by atomic mass is 10.0. The van der Waals surface area contributed by atoms with Crippen LogP contribution in [-0.2, 0) is 4.79 Å². The summed E-state index contributed by atoms with van der Waals surface area (Å²) in [5.74, 6) is 1.57. The van der Waals surface area contributed by atoms with Gasteiger partial charge in [-0.2, -0.15) is 0 Å². The fraction of sp³-hybridized carbons (Fsp3) is 0.409. The Hall–Kier alpha value is -2.32. The van der Waals surface area contributed by atoms with Gasteiger partial charge in [0.15, 0.2) is 17.2 Å². The van der Waals surface area contributed by atoms with Gasteiger partial charge in [0.2, 0.25) is 12.7 Å². The molecule has 0 saturated heterocycles. The standard InChI is InChI=1S/C22H23N3O3S2/c26-19(23-15-7-8-16-17(12-15)28-14-27-16)13-30-21-20(18-6-5-11-29-18)24-22(25-21)9-3-1-2-4-10-22/h5-8,11-12H,1-4,9-10,13-14H2,(H,23,26). The maximum absolute atomic E-state index is 12.6. The number of hydrogen-bond donors (Lipinski definition) is 1. The van der Waals surface area contributed by atoms with Crippen LogP contribution >= 0.6 is 23.1 Å². The first-order valence-corrected chi connectivity index (χ1v) is 12.1. The Morgan fingerprint density at radius 3 is 2.73 bits per heavy atom. The fourth-order valence-corrected chi connectivity index (χ4v) is 5.67. The minimum Gasteiger partial charge on any atom is -0.454 e. The number of carbonyl (C=O) groups is 1. The Kier molecular flexibility index (Phi) is 5.52. The number of carbonyl (C=O) groups excluding carboxylic acids is 1. The van der Waals surface area contributed by atoms with Crippen molar-refractivity contribution in [3.8, 4) is 11.5 Å². The molecule has 1 aromatic carbocycles. The van der Waals surface area contributed by atoms with Crippen LogP contribution in [-0.4, -0.2) is 34.9 Å². The number of ether oxygens (including phenoxy) is 2. The molecule has 1 aliphatic carbocycles. The first-order chi connectivity index (χ1) is 14.7. The third-order valence-electron chi connectivity index (χ3n) is 5.49. The van der Waals surface area contributed by atoms with Crippen LogP contribution in [0.2, 0.25) is 0 Å². The van der Waals surface area contributed by atoms with Crippen LogP contribution in [0, 0.1) is 0 Å². The van der Waals surface area contributed by atoms with Crippen molar-refractivity contribution in [2.75, 3.05) is 17.9 Å². The van der Waals surface area contributed by atoms with Crippen molar-refractivity contribution in [3.63, 3.8) is 0 Å². The highest BCUT2D eigenvalue weighted by molar-refractivity contribution is 8.16. The maximum atomic E-state index is 12.6. The maximum Gasteiger partial charge on any atom is 0.234 e. The van der Waals surface area contributed by atoms with E-state index in [-0.39, 0.29) is 24.1 Å². The molecule has 2 aliphatic heterocycles. The van der Waals surface area contributed by atoms with E-state index in [0.29, 0.717) is 17.2 Å². The molecule has 30 heavy (non-hydrogen) atoms. The van der Waals surface area contributed by atoms with Crippen molar-refractivity contribution in [1.82, 2.24) is 0 Å². The second-order valence-corrected chi connectivity index (χ2v) is 9.57. The highest BCUT2D eigenvalue weighted by Crippen LogP contribution is 2.38. The zero-order valence-electron chi connectivity index (χ0n) is 16.6. The summed E-state index contributed by atoms with van der Waals surface area (Å²) in [6.07, 6.45) is 6.81. The lowest BCUT2D eigenvalue weighted by Gasteiger charge is -2.20. The average Bonchev–Trinajstić information content (AvgIpc) is 3.45. The van der Waals surface area contributed by atoms with Gasteiger partial charge >= 0.3 is 0 Å². The zero-order chi connectivity index (χ0) is 20.4. The number of fused-ring (bicyclic) bond motifs is 1. The van der Waals surface area contributed by atoms with Gasteiger partial charge in [-0.3, -0.25) is 9.79 Å². The number of benzene rings is 1. The monoisotopic (exact) mass is 441 g/mol. The van der Waals surface area contributed by atoms with Crippen LogP contribution in [0.25, 0.3) is 0 Å². The van der Waals surface area contributed by atoms with Gasteiger partial charge in [-0.05, 0) is 49.3 Å². The van der Waals surface area contributed by atoms with E-state index in [9.17, 15) is 4.79 Å². The number of rotatable bonds is 4. The molecule has 0 atom stereocenters. The number of hydrogen-bond acceptors (Lipinski definition) is 7. The summed E-state index contributed by atoms with van der Waals surface area (Å²) in [5.41, 5.74) is 1.32. The highest BCUT2D eigenvalue weighted by atomic mass is 32.2. The second-order valence-electron chi connectivity index (χ2n) is 7.66. The van der Waals surface area contributed by atoms with Gasteiger partial charge in [-0.25, -0.2) is 4.99 Å². The molecule has 5 rings (SSSR count). The van der Waals surface area contributed by atoms with Crippen molar-refractivity contribution in [1.29, 1.82) is 0 Å². The van der Waals surface area contributed by atoms with E-state index in [1.165, 1.54) is 24.6 Å². The van der Waals surface area contributed by atoms with E-state index >= 15 is 0 Å². The van der Waals surface area contributed by atoms with E-state index in [1.807, 2.05) is 18.2 Å². The molecular formula is C22H23N3O3S2. The third-order valence-corrected chi connectivity index (χ3v) is 7.33. The largest absolute Gasteiger partial charge is 0.454 e. The van der Waals surface area contributed by atoms with Crippen LogP contribution < -0.4 is 14.8 Å². The van der Waals surface area contributed by atoms with Gasteiger partial charge in [0.1, 0.15) is 10.8 Å². The summed E-state index contributed by atoms with van der Waals surface area (Å²) in [6, 6.07) is 9.54. The summed E-state index contributed by atoms with van der Waals surface area (Å²) in [5, 5.41) is 5.89. The molecule has 2 aromatic rings. The van der Waals surface area contributed by atoms with E-state index in [4.69, 9.17) is 19.5 Å². The van der Waals surface area contributed by atoms with Crippen LogP contribution in [0.5, 0.6) is 11.5 Å². The van der Waals surface area contributed by atoms with Crippen molar-refractivity contribution >= 4 is 45.4 Å². The number of nitrogens with one attached hydrogen (secondary N) is 1. The predicted octanol–water partition coefficient (Wildman–Crippen LogP) is 5.10. The second kappa shape index (κ2) is 8.43. The Morgan fingerprint density at radius 2 is 1.93 bits per heavy atom. The number of anilines is 1. The summed E-state index contributed by atoms with van der Waals surface area (Å²) < 4.78 is 10.7. The van der Waals surface area contributed by atoms with Crippen LogP contribution in [0.15, 0.2) is 45.7 Å². The lowest BCUT2D eigenvalue weighted by Crippen LogP contribution is -2.20. The Morgan fingerprint density at radius 1 is 1.10 bits per heavy atom. The molecule has 1 N–H and O–H groups in total. The summed E-state index contributed by atoms with van der Waals surface area (Å²) in [6.45, 7) is 0.217. The Labute approximate surface area is 183 Å². The first kappa shape index (κ1) is 19.6. The molecule has 0 unspecified atom stereocenters. The molecule has 1 amide bonds. The average molecular weight is 442 g/mol. The minimum absolute atomic E-state index is 0.0751. The lowest BCUT2D eigenvalue weighted by molar-refractivity contribution is -0.113. The van der Waals surface area contributed by atoms with E-state index in [0.717, 1.165) is 41.3 Å². The summed E-state index contributed by atoms with van der Waals surface area (Å²) >= 11 is 3.15. The SMILES string of the molecule is O=C(CSC1=NC2(CCCCCC2)N=C1c1cccs1)Nc1ccc2c(c1)OCO2. The topological polar surface area (TPSA) is 72.3 Å². The van der Waals surface area contributed by atoms with Crippen molar-refractivity contribution in [3.05, 3.63) is 40.6 Å². The molecule has 156 valence electrons. The quantitative estimate of drug-likeness (QED) is 0.716. The molecule has 6 nitrogen and oxygen atoms in total. The smallest absolute Gasteiger partial charge is 0.234 e. The van der Waals surface area contributed by atoms with Crippen molar-refractivity contribution < 1.29 is 14.3 Å². The van der Waals surface area contributed by atoms with E-state index in [2.05, 4.69) is 16.8 Å². The van der Waals surface area contributed by atoms with Gasteiger partial charge in [0, 0.05) is 11.8 Å². The van der Waals surface area contributed by atoms with E-state index < -0.39 is 0 Å². The number of thioether (sulfide) groups is 1. The van der Waals surface area contributed by atoms with Gasteiger partial charge in [-0.1, -0.05) is 30.7 Å². The van der Waals surface area contributed by atoms with Crippen LogP contribution in [0.3, 0.4) is 0 Å². The van der Waals surface area contributed by atoms with Gasteiger partial charge < -0.3 is 14.8 Å². The molecule has 1 spiro atoms. The van der Waals surface area contributed by atoms with Gasteiger partial charge in [0.25, 0.3) is 0 Å². The number of amides is 1.